The average Bonchev–Trinajstić information content (AvgIpc) is 2.34. The van der Waals surface area contributed by atoms with Gasteiger partial charge < -0.3 is 19.9 Å². The minimum absolute atomic E-state index is 0.223. The number of aliphatic hydroxyl groups is 1. The van der Waals surface area contributed by atoms with E-state index < -0.39 is 5.60 Å². The van der Waals surface area contributed by atoms with Gasteiger partial charge in [0.15, 0.2) is 11.5 Å². The first-order valence-electron chi connectivity index (χ1n) is 5.78. The number of para-hydroxylation sites is 2. The highest BCUT2D eigenvalue weighted by Gasteiger charge is 2.21. The van der Waals surface area contributed by atoms with Gasteiger partial charge in [0.2, 0.25) is 0 Å². The Morgan fingerprint density at radius 1 is 1.29 bits per heavy atom. The summed E-state index contributed by atoms with van der Waals surface area (Å²) in [6.45, 7) is 5.28. The Morgan fingerprint density at radius 2 is 1.94 bits per heavy atom. The molecule has 0 amide bonds. The van der Waals surface area contributed by atoms with Crippen LogP contribution in [-0.4, -0.2) is 37.5 Å². The van der Waals surface area contributed by atoms with Gasteiger partial charge in [-0.25, -0.2) is 0 Å². The number of nitrogens with one attached hydrogen (secondary N) is 1. The molecule has 0 saturated heterocycles. The van der Waals surface area contributed by atoms with Crippen LogP contribution in [-0.2, 0) is 0 Å². The monoisotopic (exact) mass is 239 g/mol. The van der Waals surface area contributed by atoms with Crippen LogP contribution in [0, 0.1) is 0 Å². The molecule has 0 aromatic heterocycles. The van der Waals surface area contributed by atoms with Gasteiger partial charge in [-0.2, -0.15) is 0 Å². The molecule has 4 heteroatoms. The molecular weight excluding hydrogens is 218 g/mol. The Morgan fingerprint density at radius 3 is 2.53 bits per heavy atom. The first-order chi connectivity index (χ1) is 8.09. The summed E-state index contributed by atoms with van der Waals surface area (Å²) < 4.78 is 10.7. The minimum Gasteiger partial charge on any atom is -0.493 e. The first-order valence-corrected chi connectivity index (χ1v) is 5.78. The van der Waals surface area contributed by atoms with E-state index in [0.717, 1.165) is 6.54 Å². The van der Waals surface area contributed by atoms with Crippen LogP contribution in [0.25, 0.3) is 0 Å². The molecule has 1 aromatic rings. The van der Waals surface area contributed by atoms with Gasteiger partial charge >= 0.3 is 0 Å². The van der Waals surface area contributed by atoms with Crippen LogP contribution in [0.4, 0.5) is 0 Å². The van der Waals surface area contributed by atoms with Gasteiger partial charge in [-0.3, -0.25) is 0 Å². The molecular formula is C13H21NO3. The van der Waals surface area contributed by atoms with Crippen LogP contribution in [0.3, 0.4) is 0 Å². The number of methoxy groups -OCH3 is 1. The Bertz CT molecular complexity index is 339. The van der Waals surface area contributed by atoms with Crippen molar-refractivity contribution in [3.05, 3.63) is 24.3 Å². The largest absolute Gasteiger partial charge is 0.493 e. The molecule has 0 fully saturated rings. The molecule has 0 aliphatic heterocycles. The Hall–Kier alpha value is -1.26. The molecule has 1 unspecified atom stereocenters. The zero-order valence-electron chi connectivity index (χ0n) is 10.7. The fourth-order valence-corrected chi connectivity index (χ4v) is 1.42. The second-order valence-electron chi connectivity index (χ2n) is 4.22. The van der Waals surface area contributed by atoms with Crippen molar-refractivity contribution in [3.63, 3.8) is 0 Å². The van der Waals surface area contributed by atoms with E-state index in [0.29, 0.717) is 18.0 Å². The summed E-state index contributed by atoms with van der Waals surface area (Å²) in [4.78, 5) is 0. The molecule has 0 radical (unpaired) electrons. The van der Waals surface area contributed by atoms with Crippen LogP contribution in [0.2, 0.25) is 0 Å². The predicted molar refractivity (Wildman–Crippen MR) is 67.7 cm³/mol. The minimum atomic E-state index is -0.892. The molecule has 1 aromatic carbocycles. The molecule has 1 atom stereocenters. The zero-order chi connectivity index (χ0) is 12.7. The normalized spacial score (nSPS) is 14.1. The summed E-state index contributed by atoms with van der Waals surface area (Å²) in [6.07, 6.45) is 0. The lowest BCUT2D eigenvalue weighted by atomic mass is 10.1. The van der Waals surface area contributed by atoms with Crippen molar-refractivity contribution in [1.82, 2.24) is 5.32 Å². The maximum atomic E-state index is 10.0. The lowest BCUT2D eigenvalue weighted by molar-refractivity contribution is 0.0120. The van der Waals surface area contributed by atoms with Crippen molar-refractivity contribution in [2.45, 2.75) is 19.4 Å². The number of ether oxygens (including phenoxy) is 2. The lowest BCUT2D eigenvalue weighted by Crippen LogP contribution is -2.42. The van der Waals surface area contributed by atoms with Crippen LogP contribution in [0.1, 0.15) is 13.8 Å². The van der Waals surface area contributed by atoms with E-state index in [1.807, 2.05) is 31.2 Å². The molecule has 4 nitrogen and oxygen atoms in total. The van der Waals surface area contributed by atoms with Crippen molar-refractivity contribution >= 4 is 0 Å². The van der Waals surface area contributed by atoms with Gasteiger partial charge in [0.25, 0.3) is 0 Å². The van der Waals surface area contributed by atoms with Gasteiger partial charge in [-0.15, -0.1) is 0 Å². The van der Waals surface area contributed by atoms with E-state index in [-0.39, 0.29) is 6.61 Å². The van der Waals surface area contributed by atoms with Crippen molar-refractivity contribution < 1.29 is 14.6 Å². The Labute approximate surface area is 103 Å². The molecule has 2 N–H and O–H groups in total. The van der Waals surface area contributed by atoms with E-state index in [2.05, 4.69) is 5.32 Å². The third-order valence-electron chi connectivity index (χ3n) is 2.36. The number of likely N-dealkylation sites (N-methyl/N-ethyl adjacent to an activating group) is 1. The summed E-state index contributed by atoms with van der Waals surface area (Å²) in [5.74, 6) is 1.32. The van der Waals surface area contributed by atoms with Crippen LogP contribution in [0.5, 0.6) is 11.5 Å². The van der Waals surface area contributed by atoms with Gasteiger partial charge in [-0.1, -0.05) is 19.1 Å². The average molecular weight is 239 g/mol. The summed E-state index contributed by atoms with van der Waals surface area (Å²) in [5, 5.41) is 13.1. The SMILES string of the molecule is CCNCC(C)(O)COc1ccccc1OC. The topological polar surface area (TPSA) is 50.7 Å². The molecule has 0 aliphatic rings. The van der Waals surface area contributed by atoms with Crippen molar-refractivity contribution in [2.75, 3.05) is 26.8 Å². The number of benzene rings is 1. The highest BCUT2D eigenvalue weighted by Crippen LogP contribution is 2.26. The standard InChI is InChI=1S/C13H21NO3/c1-4-14-9-13(2,15)10-17-12-8-6-5-7-11(12)16-3/h5-8,14-15H,4,9-10H2,1-3H3. The first kappa shape index (κ1) is 13.8. The number of hydrogen-bond acceptors (Lipinski definition) is 4. The van der Waals surface area contributed by atoms with Gasteiger partial charge in [-0.05, 0) is 25.6 Å². The summed E-state index contributed by atoms with van der Waals surface area (Å²) in [5.41, 5.74) is -0.892. The molecule has 17 heavy (non-hydrogen) atoms. The second-order valence-corrected chi connectivity index (χ2v) is 4.22. The molecule has 0 bridgehead atoms. The fourth-order valence-electron chi connectivity index (χ4n) is 1.42. The van der Waals surface area contributed by atoms with Gasteiger partial charge in [0.1, 0.15) is 12.2 Å². The molecule has 0 saturated carbocycles. The second kappa shape index (κ2) is 6.47. The van der Waals surface area contributed by atoms with E-state index in [1.54, 1.807) is 14.0 Å². The lowest BCUT2D eigenvalue weighted by Gasteiger charge is -2.24. The third kappa shape index (κ3) is 4.63. The van der Waals surface area contributed by atoms with E-state index in [1.165, 1.54) is 0 Å². The maximum Gasteiger partial charge on any atom is 0.161 e. The van der Waals surface area contributed by atoms with E-state index >= 15 is 0 Å². The smallest absolute Gasteiger partial charge is 0.161 e. The number of rotatable bonds is 7. The third-order valence-corrected chi connectivity index (χ3v) is 2.36. The van der Waals surface area contributed by atoms with Gasteiger partial charge in [0.05, 0.1) is 7.11 Å². The van der Waals surface area contributed by atoms with Crippen LogP contribution in [0.15, 0.2) is 24.3 Å². The number of hydrogen-bond donors (Lipinski definition) is 2. The quantitative estimate of drug-likeness (QED) is 0.756. The summed E-state index contributed by atoms with van der Waals surface area (Å²) in [7, 11) is 1.60. The van der Waals surface area contributed by atoms with Crippen molar-refractivity contribution in [2.24, 2.45) is 0 Å². The molecule has 0 heterocycles. The van der Waals surface area contributed by atoms with E-state index in [4.69, 9.17) is 9.47 Å². The molecule has 0 spiro atoms. The molecule has 0 aliphatic carbocycles. The Kier molecular flexibility index (Phi) is 5.25. The highest BCUT2D eigenvalue weighted by atomic mass is 16.5. The molecule has 96 valence electrons. The summed E-state index contributed by atoms with van der Waals surface area (Å²) >= 11 is 0. The van der Waals surface area contributed by atoms with E-state index in [9.17, 15) is 5.11 Å². The summed E-state index contributed by atoms with van der Waals surface area (Å²) in [6, 6.07) is 7.40. The van der Waals surface area contributed by atoms with Crippen LogP contribution < -0.4 is 14.8 Å². The van der Waals surface area contributed by atoms with Crippen LogP contribution >= 0.6 is 0 Å². The predicted octanol–water partition coefficient (Wildman–Crippen LogP) is 1.43. The zero-order valence-corrected chi connectivity index (χ0v) is 10.7. The van der Waals surface area contributed by atoms with Crippen molar-refractivity contribution in [3.8, 4) is 11.5 Å². The molecule has 1 rings (SSSR count). The maximum absolute atomic E-state index is 10.0. The Balaban J connectivity index is 2.54. The fraction of sp³-hybridized carbons (Fsp3) is 0.538. The highest BCUT2D eigenvalue weighted by molar-refractivity contribution is 5.39. The van der Waals surface area contributed by atoms with Crippen molar-refractivity contribution in [1.29, 1.82) is 0 Å². The van der Waals surface area contributed by atoms with Gasteiger partial charge in [0, 0.05) is 6.54 Å².